The van der Waals surface area contributed by atoms with E-state index in [-0.39, 0.29) is 35.4 Å². The van der Waals surface area contributed by atoms with Gasteiger partial charge in [-0.1, -0.05) is 12.1 Å². The second-order valence-corrected chi connectivity index (χ2v) is 5.22. The number of aromatic nitrogens is 1. The van der Waals surface area contributed by atoms with Crippen molar-refractivity contribution in [3.8, 4) is 5.75 Å². The van der Waals surface area contributed by atoms with Crippen LogP contribution in [0, 0.1) is 5.82 Å². The van der Waals surface area contributed by atoms with Crippen molar-refractivity contribution in [2.75, 3.05) is 6.61 Å². The minimum Gasteiger partial charge on any atom is -0.505 e. The number of pyridine rings is 1. The lowest BCUT2D eigenvalue weighted by Crippen LogP contribution is -2.13. The molecule has 0 aliphatic carbocycles. The lowest BCUT2D eigenvalue weighted by Gasteiger charge is -2.11. The van der Waals surface area contributed by atoms with E-state index in [1.807, 2.05) is 0 Å². The van der Waals surface area contributed by atoms with E-state index >= 15 is 0 Å². The Morgan fingerprint density at radius 3 is 2.33 bits per heavy atom. The lowest BCUT2D eigenvalue weighted by atomic mass is 9.99. The Morgan fingerprint density at radius 2 is 1.75 bits per heavy atom. The van der Waals surface area contributed by atoms with Gasteiger partial charge < -0.3 is 15.3 Å². The van der Waals surface area contributed by atoms with E-state index in [0.29, 0.717) is 5.56 Å². The molecule has 0 unspecified atom stereocenters. The van der Waals surface area contributed by atoms with Gasteiger partial charge in [-0.3, -0.25) is 9.59 Å². The highest BCUT2D eigenvalue weighted by Crippen LogP contribution is 2.25. The SMILES string of the molecule is O=C(Cc1ccc(F)cc1)Cc1cnc(C(=O)CO)c(O)c1CO. The van der Waals surface area contributed by atoms with Gasteiger partial charge in [-0.25, -0.2) is 9.37 Å². The predicted molar refractivity (Wildman–Crippen MR) is 82.1 cm³/mol. The molecule has 3 N–H and O–H groups in total. The number of nitrogens with zero attached hydrogens (tertiary/aromatic N) is 1. The summed E-state index contributed by atoms with van der Waals surface area (Å²) in [6, 6.07) is 5.51. The standard InChI is InChI=1S/C17H16FNO5/c18-12-3-1-10(2-4-12)5-13(22)6-11-7-19-16(15(23)9-21)17(24)14(11)8-20/h1-4,7,20-21,24H,5-6,8-9H2. The van der Waals surface area contributed by atoms with Crippen LogP contribution >= 0.6 is 0 Å². The second kappa shape index (κ2) is 7.76. The summed E-state index contributed by atoms with van der Waals surface area (Å²) in [5, 5.41) is 28.2. The molecule has 2 rings (SSSR count). The van der Waals surface area contributed by atoms with Crippen molar-refractivity contribution < 1.29 is 29.3 Å². The third-order valence-corrected chi connectivity index (χ3v) is 3.52. The number of aromatic hydroxyl groups is 1. The minimum atomic E-state index is -0.825. The van der Waals surface area contributed by atoms with Gasteiger partial charge in [-0.2, -0.15) is 0 Å². The molecule has 0 fully saturated rings. The van der Waals surface area contributed by atoms with E-state index in [4.69, 9.17) is 5.11 Å². The first-order valence-electron chi connectivity index (χ1n) is 7.17. The maximum Gasteiger partial charge on any atom is 0.210 e. The first kappa shape index (κ1) is 17.7. The van der Waals surface area contributed by atoms with E-state index in [2.05, 4.69) is 4.98 Å². The van der Waals surface area contributed by atoms with Crippen LogP contribution in [-0.4, -0.2) is 38.5 Å². The van der Waals surface area contributed by atoms with E-state index < -0.39 is 30.6 Å². The summed E-state index contributed by atoms with van der Waals surface area (Å²) in [7, 11) is 0. The molecule has 1 aromatic heterocycles. The fraction of sp³-hybridized carbons (Fsp3) is 0.235. The second-order valence-electron chi connectivity index (χ2n) is 5.22. The molecule has 0 radical (unpaired) electrons. The van der Waals surface area contributed by atoms with Crippen LogP contribution in [0.1, 0.15) is 27.2 Å². The zero-order valence-electron chi connectivity index (χ0n) is 12.7. The first-order chi connectivity index (χ1) is 11.5. The van der Waals surface area contributed by atoms with Crippen molar-refractivity contribution in [2.45, 2.75) is 19.4 Å². The lowest BCUT2D eigenvalue weighted by molar-refractivity contribution is -0.117. The number of hydrogen-bond donors (Lipinski definition) is 3. The highest BCUT2D eigenvalue weighted by Gasteiger charge is 2.19. The Labute approximate surface area is 137 Å². The first-order valence-corrected chi connectivity index (χ1v) is 7.17. The average Bonchev–Trinajstić information content (AvgIpc) is 2.56. The summed E-state index contributed by atoms with van der Waals surface area (Å²) in [5.41, 5.74) is 0.596. The average molecular weight is 333 g/mol. The van der Waals surface area contributed by atoms with Gasteiger partial charge in [0.2, 0.25) is 5.78 Å². The Bertz CT molecular complexity index is 758. The van der Waals surface area contributed by atoms with Crippen molar-refractivity contribution >= 4 is 11.6 Å². The fourth-order valence-electron chi connectivity index (χ4n) is 2.29. The molecule has 0 saturated heterocycles. The molecular formula is C17H16FNO5. The Balaban J connectivity index is 2.19. The summed E-state index contributed by atoms with van der Waals surface area (Å²) in [6.45, 7) is -1.41. The topological polar surface area (TPSA) is 108 Å². The highest BCUT2D eigenvalue weighted by atomic mass is 19.1. The third-order valence-electron chi connectivity index (χ3n) is 3.52. The van der Waals surface area contributed by atoms with Crippen molar-refractivity contribution in [1.82, 2.24) is 4.98 Å². The molecule has 0 bridgehead atoms. The number of hydrogen-bond acceptors (Lipinski definition) is 6. The van der Waals surface area contributed by atoms with Crippen LogP contribution in [0.2, 0.25) is 0 Å². The van der Waals surface area contributed by atoms with E-state index in [1.165, 1.54) is 30.5 Å². The molecule has 1 heterocycles. The van der Waals surface area contributed by atoms with Gasteiger partial charge in [0.1, 0.15) is 18.2 Å². The van der Waals surface area contributed by atoms with Gasteiger partial charge in [-0.05, 0) is 23.3 Å². The molecule has 0 aliphatic heterocycles. The van der Waals surface area contributed by atoms with Crippen molar-refractivity contribution in [3.63, 3.8) is 0 Å². The maximum atomic E-state index is 12.9. The summed E-state index contributed by atoms with van der Waals surface area (Å²) in [5.74, 6) is -1.94. The number of aliphatic hydroxyl groups excluding tert-OH is 2. The normalized spacial score (nSPS) is 10.6. The summed E-state index contributed by atoms with van der Waals surface area (Å²) < 4.78 is 12.9. The predicted octanol–water partition coefficient (Wildman–Crippen LogP) is 0.948. The summed E-state index contributed by atoms with van der Waals surface area (Å²) in [6.07, 6.45) is 1.17. The Morgan fingerprint density at radius 1 is 1.08 bits per heavy atom. The molecule has 24 heavy (non-hydrogen) atoms. The zero-order chi connectivity index (χ0) is 17.7. The Kier molecular flexibility index (Phi) is 5.73. The molecule has 0 spiro atoms. The molecule has 0 amide bonds. The minimum absolute atomic E-state index is 0.0225. The van der Waals surface area contributed by atoms with Gasteiger partial charge in [0.15, 0.2) is 11.4 Å². The molecule has 7 heteroatoms. The van der Waals surface area contributed by atoms with E-state index in [9.17, 15) is 24.2 Å². The Hall–Kier alpha value is -2.64. The number of benzene rings is 1. The van der Waals surface area contributed by atoms with Crippen LogP contribution in [0.5, 0.6) is 5.75 Å². The van der Waals surface area contributed by atoms with Crippen LogP contribution < -0.4 is 0 Å². The number of aliphatic hydroxyl groups is 2. The van der Waals surface area contributed by atoms with Crippen molar-refractivity contribution in [2.24, 2.45) is 0 Å². The molecular weight excluding hydrogens is 317 g/mol. The van der Waals surface area contributed by atoms with Crippen LogP contribution in [0.4, 0.5) is 4.39 Å². The number of carbonyl (C=O) groups excluding carboxylic acids is 2. The number of Topliss-reactive ketones (excluding diaryl/α,β-unsaturated/α-hetero) is 2. The van der Waals surface area contributed by atoms with Crippen molar-refractivity contribution in [3.05, 3.63) is 58.7 Å². The summed E-state index contributed by atoms with van der Waals surface area (Å²) in [4.78, 5) is 27.3. The zero-order valence-corrected chi connectivity index (χ0v) is 12.7. The van der Waals surface area contributed by atoms with Crippen LogP contribution in [0.15, 0.2) is 30.5 Å². The molecule has 0 atom stereocenters. The molecule has 1 aromatic carbocycles. The highest BCUT2D eigenvalue weighted by molar-refractivity contribution is 5.98. The quantitative estimate of drug-likeness (QED) is 0.651. The smallest absolute Gasteiger partial charge is 0.210 e. The van der Waals surface area contributed by atoms with Crippen LogP contribution in [0.3, 0.4) is 0 Å². The number of ketones is 2. The number of carbonyl (C=O) groups is 2. The number of rotatable bonds is 7. The van der Waals surface area contributed by atoms with Crippen molar-refractivity contribution in [1.29, 1.82) is 0 Å². The van der Waals surface area contributed by atoms with Gasteiger partial charge in [-0.15, -0.1) is 0 Å². The van der Waals surface area contributed by atoms with Crippen LogP contribution in [0.25, 0.3) is 0 Å². The number of halogens is 1. The molecule has 0 saturated carbocycles. The van der Waals surface area contributed by atoms with Gasteiger partial charge in [0.05, 0.1) is 6.61 Å². The largest absolute Gasteiger partial charge is 0.505 e. The molecule has 126 valence electrons. The van der Waals surface area contributed by atoms with E-state index in [0.717, 1.165) is 0 Å². The summed E-state index contributed by atoms with van der Waals surface area (Å²) >= 11 is 0. The van der Waals surface area contributed by atoms with E-state index in [1.54, 1.807) is 0 Å². The van der Waals surface area contributed by atoms with Gasteiger partial charge >= 0.3 is 0 Å². The molecule has 6 nitrogen and oxygen atoms in total. The monoisotopic (exact) mass is 333 g/mol. The maximum absolute atomic E-state index is 12.9. The molecule has 2 aromatic rings. The third kappa shape index (κ3) is 4.01. The molecule has 0 aliphatic rings. The van der Waals surface area contributed by atoms with Gasteiger partial charge in [0, 0.05) is 24.6 Å². The van der Waals surface area contributed by atoms with Gasteiger partial charge in [0.25, 0.3) is 0 Å². The fourth-order valence-corrected chi connectivity index (χ4v) is 2.29. The van der Waals surface area contributed by atoms with Crippen LogP contribution in [-0.2, 0) is 24.2 Å².